The van der Waals surface area contributed by atoms with Gasteiger partial charge in [-0.05, 0) is 31.0 Å². The fraction of sp³-hybridized carbons (Fsp3) is 0.261. The van der Waals surface area contributed by atoms with Gasteiger partial charge in [0.2, 0.25) is 5.95 Å². The lowest BCUT2D eigenvalue weighted by Crippen LogP contribution is -2.26. The molecule has 32 heavy (non-hydrogen) atoms. The Morgan fingerprint density at radius 1 is 1.31 bits per heavy atom. The molecule has 0 aliphatic carbocycles. The second-order valence-electron chi connectivity index (χ2n) is 7.29. The van der Waals surface area contributed by atoms with Crippen LogP contribution in [0.1, 0.15) is 40.5 Å². The zero-order valence-electron chi connectivity index (χ0n) is 17.3. The summed E-state index contributed by atoms with van der Waals surface area (Å²) in [6, 6.07) is 11.7. The summed E-state index contributed by atoms with van der Waals surface area (Å²) in [5, 5.41) is 9.48. The first kappa shape index (κ1) is 21.8. The maximum Gasteiger partial charge on any atom is 0.339 e. The van der Waals surface area contributed by atoms with Gasteiger partial charge in [0.05, 0.1) is 23.9 Å². The van der Waals surface area contributed by atoms with Crippen LogP contribution in [0.5, 0.6) is 11.5 Å². The molecular formula is C23H21ClFN3O4. The number of hydrogen-bond acceptors (Lipinski definition) is 6. The SMILES string of the molecule is COc1ccccc1[C@@H]1CCCN1c1ncc(C(=O)O)c(COc2ccc(F)c(Cl)c2)n1. The van der Waals surface area contributed by atoms with Gasteiger partial charge in [0, 0.05) is 24.4 Å². The van der Waals surface area contributed by atoms with E-state index in [1.807, 2.05) is 29.2 Å². The van der Waals surface area contributed by atoms with Crippen molar-refractivity contribution in [1.29, 1.82) is 0 Å². The van der Waals surface area contributed by atoms with Crippen LogP contribution >= 0.6 is 11.6 Å². The third-order valence-electron chi connectivity index (χ3n) is 5.36. The summed E-state index contributed by atoms with van der Waals surface area (Å²) in [4.78, 5) is 22.6. The highest BCUT2D eigenvalue weighted by Crippen LogP contribution is 2.38. The smallest absolute Gasteiger partial charge is 0.339 e. The van der Waals surface area contributed by atoms with Gasteiger partial charge in [-0.3, -0.25) is 0 Å². The maximum atomic E-state index is 13.4. The average Bonchev–Trinajstić information content (AvgIpc) is 3.29. The Hall–Kier alpha value is -3.39. The number of aromatic carboxylic acids is 1. The molecule has 2 heterocycles. The summed E-state index contributed by atoms with van der Waals surface area (Å²) in [5.74, 6) is -0.218. The molecule has 0 unspecified atom stereocenters. The minimum absolute atomic E-state index is 0.00602. The van der Waals surface area contributed by atoms with E-state index < -0.39 is 11.8 Å². The monoisotopic (exact) mass is 457 g/mol. The topological polar surface area (TPSA) is 84.8 Å². The Kier molecular flexibility index (Phi) is 6.41. The van der Waals surface area contributed by atoms with Gasteiger partial charge in [0.25, 0.3) is 0 Å². The van der Waals surface area contributed by atoms with Gasteiger partial charge in [-0.2, -0.15) is 0 Å². The Labute approximate surface area is 189 Å². The van der Waals surface area contributed by atoms with E-state index in [-0.39, 0.29) is 28.9 Å². The van der Waals surface area contributed by atoms with Crippen molar-refractivity contribution in [2.24, 2.45) is 0 Å². The second kappa shape index (κ2) is 9.40. The van der Waals surface area contributed by atoms with Crippen LogP contribution in [-0.2, 0) is 6.61 Å². The predicted molar refractivity (Wildman–Crippen MR) is 117 cm³/mol. The summed E-state index contributed by atoms with van der Waals surface area (Å²) in [6.07, 6.45) is 3.12. The lowest BCUT2D eigenvalue weighted by molar-refractivity contribution is 0.0692. The summed E-state index contributed by atoms with van der Waals surface area (Å²) >= 11 is 5.80. The van der Waals surface area contributed by atoms with Crippen LogP contribution in [0.4, 0.5) is 10.3 Å². The molecule has 0 amide bonds. The number of methoxy groups -OCH3 is 1. The van der Waals surface area contributed by atoms with Crippen LogP contribution < -0.4 is 14.4 Å². The van der Waals surface area contributed by atoms with E-state index in [1.165, 1.54) is 24.4 Å². The quantitative estimate of drug-likeness (QED) is 0.540. The lowest BCUT2D eigenvalue weighted by atomic mass is 10.0. The highest BCUT2D eigenvalue weighted by Gasteiger charge is 2.31. The normalized spacial score (nSPS) is 15.6. The van der Waals surface area contributed by atoms with Crippen LogP contribution in [0.3, 0.4) is 0 Å². The van der Waals surface area contributed by atoms with Crippen molar-refractivity contribution in [3.8, 4) is 11.5 Å². The first-order valence-electron chi connectivity index (χ1n) is 10.0. The fourth-order valence-electron chi connectivity index (χ4n) is 3.82. The molecule has 1 aromatic heterocycles. The number of para-hydroxylation sites is 1. The number of anilines is 1. The van der Waals surface area contributed by atoms with Crippen molar-refractivity contribution >= 4 is 23.5 Å². The van der Waals surface area contributed by atoms with Crippen molar-refractivity contribution in [2.45, 2.75) is 25.5 Å². The number of carboxylic acids is 1. The first-order chi connectivity index (χ1) is 15.5. The standard InChI is InChI=1S/C23H21ClFN3O4/c1-31-21-7-3-2-5-15(21)20-6-4-10-28(20)23-26-12-16(22(29)30)19(27-23)13-32-14-8-9-18(25)17(24)11-14/h2-3,5,7-9,11-12,20H,4,6,10,13H2,1H3,(H,29,30)/t20-/m0/s1. The summed E-state index contributed by atoms with van der Waals surface area (Å²) < 4.78 is 24.5. The van der Waals surface area contributed by atoms with E-state index >= 15 is 0 Å². The largest absolute Gasteiger partial charge is 0.496 e. The number of carbonyl (C=O) groups is 1. The molecule has 0 saturated carbocycles. The number of ether oxygens (including phenoxy) is 2. The van der Waals surface area contributed by atoms with E-state index in [0.29, 0.717) is 11.7 Å². The molecule has 7 nitrogen and oxygen atoms in total. The van der Waals surface area contributed by atoms with Crippen molar-refractivity contribution < 1.29 is 23.8 Å². The van der Waals surface area contributed by atoms with Gasteiger partial charge < -0.3 is 19.5 Å². The van der Waals surface area contributed by atoms with Gasteiger partial charge in [-0.15, -0.1) is 0 Å². The molecule has 1 atom stereocenters. The Bertz CT molecular complexity index is 1140. The second-order valence-corrected chi connectivity index (χ2v) is 7.70. The molecule has 0 spiro atoms. The Morgan fingerprint density at radius 3 is 2.88 bits per heavy atom. The van der Waals surface area contributed by atoms with E-state index in [2.05, 4.69) is 9.97 Å². The summed E-state index contributed by atoms with van der Waals surface area (Å²) in [6.45, 7) is 0.593. The molecule has 1 aliphatic rings. The number of rotatable bonds is 7. The van der Waals surface area contributed by atoms with Crippen molar-refractivity contribution in [3.63, 3.8) is 0 Å². The van der Waals surface area contributed by atoms with Crippen LogP contribution in [-0.4, -0.2) is 34.7 Å². The van der Waals surface area contributed by atoms with Gasteiger partial charge in [-0.1, -0.05) is 29.8 Å². The van der Waals surface area contributed by atoms with Gasteiger partial charge in [0.1, 0.15) is 29.5 Å². The fourth-order valence-corrected chi connectivity index (χ4v) is 3.99. The van der Waals surface area contributed by atoms with Crippen LogP contribution in [0.25, 0.3) is 0 Å². The van der Waals surface area contributed by atoms with Crippen LogP contribution in [0.15, 0.2) is 48.7 Å². The van der Waals surface area contributed by atoms with E-state index in [4.69, 9.17) is 21.1 Å². The first-order valence-corrected chi connectivity index (χ1v) is 10.4. The van der Waals surface area contributed by atoms with E-state index in [1.54, 1.807) is 7.11 Å². The van der Waals surface area contributed by atoms with Gasteiger partial charge >= 0.3 is 5.97 Å². The number of benzene rings is 2. The molecular weight excluding hydrogens is 437 g/mol. The summed E-state index contributed by atoms with van der Waals surface area (Å²) in [5.41, 5.74) is 1.18. The third-order valence-corrected chi connectivity index (χ3v) is 5.65. The Balaban J connectivity index is 1.63. The molecule has 1 N–H and O–H groups in total. The maximum absolute atomic E-state index is 13.4. The van der Waals surface area contributed by atoms with E-state index in [9.17, 15) is 14.3 Å². The Morgan fingerprint density at radius 2 is 2.12 bits per heavy atom. The number of aromatic nitrogens is 2. The van der Waals surface area contributed by atoms with Crippen molar-refractivity contribution in [3.05, 3.63) is 76.3 Å². The number of hydrogen-bond donors (Lipinski definition) is 1. The number of carboxylic acid groups (broad SMARTS) is 1. The number of halogens is 2. The molecule has 9 heteroatoms. The van der Waals surface area contributed by atoms with Gasteiger partial charge in [0.15, 0.2) is 0 Å². The molecule has 2 aromatic carbocycles. The number of nitrogens with zero attached hydrogens (tertiary/aromatic N) is 3. The summed E-state index contributed by atoms with van der Waals surface area (Å²) in [7, 11) is 1.63. The average molecular weight is 458 g/mol. The van der Waals surface area contributed by atoms with E-state index in [0.717, 1.165) is 30.7 Å². The zero-order chi connectivity index (χ0) is 22.7. The molecule has 0 radical (unpaired) electrons. The third kappa shape index (κ3) is 4.45. The van der Waals surface area contributed by atoms with Gasteiger partial charge in [-0.25, -0.2) is 19.2 Å². The van der Waals surface area contributed by atoms with Crippen molar-refractivity contribution in [1.82, 2.24) is 9.97 Å². The van der Waals surface area contributed by atoms with Crippen LogP contribution in [0.2, 0.25) is 5.02 Å². The minimum Gasteiger partial charge on any atom is -0.496 e. The molecule has 1 saturated heterocycles. The van der Waals surface area contributed by atoms with Crippen molar-refractivity contribution in [2.75, 3.05) is 18.6 Å². The zero-order valence-corrected chi connectivity index (χ0v) is 18.1. The minimum atomic E-state index is -1.16. The molecule has 1 fully saturated rings. The highest BCUT2D eigenvalue weighted by molar-refractivity contribution is 6.30. The predicted octanol–water partition coefficient (Wildman–Crippen LogP) is 4.90. The highest BCUT2D eigenvalue weighted by atomic mass is 35.5. The molecule has 3 aromatic rings. The van der Waals surface area contributed by atoms with Crippen LogP contribution in [0, 0.1) is 5.82 Å². The molecule has 166 valence electrons. The molecule has 0 bridgehead atoms. The lowest BCUT2D eigenvalue weighted by Gasteiger charge is -2.26. The molecule has 4 rings (SSSR count). The molecule has 1 aliphatic heterocycles.